The topological polar surface area (TPSA) is 57.6 Å². The average Bonchev–Trinajstić information content (AvgIpc) is 3.13. The molecule has 4 nitrogen and oxygen atoms in total. The summed E-state index contributed by atoms with van der Waals surface area (Å²) in [6, 6.07) is 27.7. The minimum absolute atomic E-state index is 0.0482. The summed E-state index contributed by atoms with van der Waals surface area (Å²) in [6.07, 6.45) is 0. The molecule has 0 bridgehead atoms. The number of halogens is 1. The van der Waals surface area contributed by atoms with Gasteiger partial charge in [-0.05, 0) is 40.1 Å². The number of carbonyl (C=O) groups excluding carboxylic acids is 2. The summed E-state index contributed by atoms with van der Waals surface area (Å²) in [4.78, 5) is 28.6. The molecule has 1 N–H and O–H groups in total. The van der Waals surface area contributed by atoms with Crippen molar-refractivity contribution in [3.63, 3.8) is 0 Å². The van der Waals surface area contributed by atoms with Crippen LogP contribution >= 0.6 is 15.9 Å². The Kier molecular flexibility index (Phi) is 6.05. The molecule has 1 saturated heterocycles. The Bertz CT molecular complexity index is 1510. The van der Waals surface area contributed by atoms with E-state index >= 15 is 0 Å². The van der Waals surface area contributed by atoms with Crippen LogP contribution in [0.5, 0.6) is 0 Å². The van der Waals surface area contributed by atoms with Gasteiger partial charge < -0.3 is 5.11 Å². The Hall–Kier alpha value is -3.70. The van der Waals surface area contributed by atoms with E-state index in [0.29, 0.717) is 11.3 Å². The number of hydrogen-bond donors (Lipinski definition) is 1. The van der Waals surface area contributed by atoms with E-state index < -0.39 is 17.7 Å². The van der Waals surface area contributed by atoms with Gasteiger partial charge in [-0.3, -0.25) is 14.5 Å². The number of hydrogen-bond acceptors (Lipinski definition) is 3. The summed E-state index contributed by atoms with van der Waals surface area (Å²) in [5.74, 6) is -1.54. The summed E-state index contributed by atoms with van der Waals surface area (Å²) < 4.78 is 0.851. The number of amides is 1. The summed E-state index contributed by atoms with van der Waals surface area (Å²) in [7, 11) is 0. The maximum absolute atomic E-state index is 13.6. The Balaban J connectivity index is 1.75. The molecule has 4 aromatic carbocycles. The molecule has 0 radical (unpaired) electrons. The smallest absolute Gasteiger partial charge is 0.300 e. The monoisotopic (exact) mass is 539 g/mol. The molecule has 5 heteroatoms. The second-order valence-electron chi connectivity index (χ2n) is 10.0. The Morgan fingerprint density at radius 3 is 2.14 bits per heavy atom. The summed E-state index contributed by atoms with van der Waals surface area (Å²) >= 11 is 3.41. The quantitative estimate of drug-likeness (QED) is 0.166. The summed E-state index contributed by atoms with van der Waals surface area (Å²) in [6.45, 7) is 6.41. The van der Waals surface area contributed by atoms with Crippen molar-refractivity contribution in [1.82, 2.24) is 0 Å². The zero-order valence-electron chi connectivity index (χ0n) is 20.3. The molecule has 0 saturated carbocycles. The lowest BCUT2D eigenvalue weighted by molar-refractivity contribution is -0.132. The Labute approximate surface area is 219 Å². The van der Waals surface area contributed by atoms with Crippen LogP contribution in [-0.2, 0) is 15.0 Å². The van der Waals surface area contributed by atoms with Crippen molar-refractivity contribution in [2.75, 3.05) is 4.90 Å². The van der Waals surface area contributed by atoms with Gasteiger partial charge in [-0.1, -0.05) is 109 Å². The first-order valence-electron chi connectivity index (χ1n) is 11.8. The van der Waals surface area contributed by atoms with E-state index in [1.165, 1.54) is 4.90 Å². The highest BCUT2D eigenvalue weighted by Gasteiger charge is 2.47. The zero-order valence-corrected chi connectivity index (χ0v) is 21.9. The van der Waals surface area contributed by atoms with Crippen LogP contribution in [0.15, 0.2) is 101 Å². The molecule has 1 fully saturated rings. The van der Waals surface area contributed by atoms with Gasteiger partial charge in [0.05, 0.1) is 17.3 Å². The van der Waals surface area contributed by atoms with Gasteiger partial charge in [0.25, 0.3) is 11.7 Å². The number of anilines is 1. The first kappa shape index (κ1) is 24.0. The van der Waals surface area contributed by atoms with E-state index in [0.717, 1.165) is 26.4 Å². The highest BCUT2D eigenvalue weighted by molar-refractivity contribution is 9.10. The van der Waals surface area contributed by atoms with Crippen molar-refractivity contribution in [2.45, 2.75) is 32.2 Å². The van der Waals surface area contributed by atoms with E-state index in [-0.39, 0.29) is 16.7 Å². The molecule has 0 spiro atoms. The second-order valence-corrected chi connectivity index (χ2v) is 11.0. The molecule has 180 valence electrons. The number of aliphatic hydroxyl groups is 1. The molecule has 1 heterocycles. The van der Waals surface area contributed by atoms with Gasteiger partial charge >= 0.3 is 0 Å². The minimum Gasteiger partial charge on any atom is -0.507 e. The largest absolute Gasteiger partial charge is 0.507 e. The molecule has 1 amide bonds. The van der Waals surface area contributed by atoms with Gasteiger partial charge in [0.15, 0.2) is 0 Å². The number of fused-ring (bicyclic) bond motifs is 1. The molecule has 5 rings (SSSR count). The zero-order chi connectivity index (χ0) is 25.6. The molecule has 1 atom stereocenters. The van der Waals surface area contributed by atoms with Crippen LogP contribution in [0.25, 0.3) is 16.5 Å². The highest BCUT2D eigenvalue weighted by Crippen LogP contribution is 2.44. The van der Waals surface area contributed by atoms with Gasteiger partial charge in [0, 0.05) is 15.4 Å². The first-order valence-corrected chi connectivity index (χ1v) is 12.6. The summed E-state index contributed by atoms with van der Waals surface area (Å²) in [5, 5.41) is 13.2. The van der Waals surface area contributed by atoms with E-state index in [1.54, 1.807) is 24.3 Å². The number of Topliss-reactive ketones (excluding diaryl/α,β-unsaturated/α-hetero) is 1. The van der Waals surface area contributed by atoms with Crippen LogP contribution in [0, 0.1) is 0 Å². The van der Waals surface area contributed by atoms with Crippen LogP contribution in [0.4, 0.5) is 5.69 Å². The molecule has 1 aliphatic heterocycles. The third kappa shape index (κ3) is 4.14. The number of aliphatic hydroxyl groups excluding tert-OH is 1. The molecule has 4 aromatic rings. The van der Waals surface area contributed by atoms with Crippen molar-refractivity contribution in [2.24, 2.45) is 0 Å². The fourth-order valence-electron chi connectivity index (χ4n) is 4.74. The fraction of sp³-hybridized carbons (Fsp3) is 0.161. The predicted octanol–water partition coefficient (Wildman–Crippen LogP) is 7.53. The Morgan fingerprint density at radius 1 is 0.833 bits per heavy atom. The predicted molar refractivity (Wildman–Crippen MR) is 148 cm³/mol. The molecule has 0 aliphatic carbocycles. The molecular formula is C31H26BrNO3. The lowest BCUT2D eigenvalue weighted by Gasteiger charge is -2.27. The molecule has 0 aromatic heterocycles. The van der Waals surface area contributed by atoms with E-state index in [1.807, 2.05) is 66.7 Å². The van der Waals surface area contributed by atoms with Crippen LogP contribution in [0.2, 0.25) is 0 Å². The van der Waals surface area contributed by atoms with E-state index in [4.69, 9.17) is 0 Å². The maximum Gasteiger partial charge on any atom is 0.300 e. The van der Waals surface area contributed by atoms with E-state index in [9.17, 15) is 14.7 Å². The maximum atomic E-state index is 13.6. The van der Waals surface area contributed by atoms with Gasteiger partial charge in [0.2, 0.25) is 0 Å². The van der Waals surface area contributed by atoms with Crippen molar-refractivity contribution in [1.29, 1.82) is 0 Å². The SMILES string of the molecule is CC(C)(C)c1ccc(C2/C(=C(\O)c3ccc(Br)cc3)C(=O)C(=O)N2c2cccc3ccccc23)cc1. The van der Waals surface area contributed by atoms with Crippen molar-refractivity contribution >= 4 is 49.8 Å². The molecule has 1 aliphatic rings. The molecule has 36 heavy (non-hydrogen) atoms. The fourth-order valence-corrected chi connectivity index (χ4v) is 5.01. The summed E-state index contributed by atoms with van der Waals surface area (Å²) in [5.41, 5.74) is 3.04. The van der Waals surface area contributed by atoms with Crippen molar-refractivity contribution in [3.8, 4) is 0 Å². The van der Waals surface area contributed by atoms with Crippen LogP contribution in [0.1, 0.15) is 43.5 Å². The van der Waals surface area contributed by atoms with Crippen LogP contribution in [0.3, 0.4) is 0 Å². The average molecular weight is 540 g/mol. The highest BCUT2D eigenvalue weighted by atomic mass is 79.9. The lowest BCUT2D eigenvalue weighted by Crippen LogP contribution is -2.29. The van der Waals surface area contributed by atoms with E-state index in [2.05, 4.69) is 36.7 Å². The second kappa shape index (κ2) is 9.07. The minimum atomic E-state index is -0.770. The van der Waals surface area contributed by atoms with Crippen LogP contribution < -0.4 is 4.90 Å². The van der Waals surface area contributed by atoms with Crippen molar-refractivity contribution < 1.29 is 14.7 Å². The number of carbonyl (C=O) groups is 2. The van der Waals surface area contributed by atoms with Crippen molar-refractivity contribution in [3.05, 3.63) is 118 Å². The third-order valence-corrected chi connectivity index (χ3v) is 7.21. The van der Waals surface area contributed by atoms with Gasteiger partial charge in [0.1, 0.15) is 5.76 Å². The first-order chi connectivity index (χ1) is 17.2. The molecule has 1 unspecified atom stereocenters. The van der Waals surface area contributed by atoms with Gasteiger partial charge in [-0.15, -0.1) is 0 Å². The number of nitrogens with zero attached hydrogens (tertiary/aromatic N) is 1. The van der Waals surface area contributed by atoms with Crippen LogP contribution in [-0.4, -0.2) is 16.8 Å². The van der Waals surface area contributed by atoms with Gasteiger partial charge in [-0.2, -0.15) is 0 Å². The number of rotatable bonds is 3. The normalized spacial score (nSPS) is 17.7. The number of ketones is 1. The lowest BCUT2D eigenvalue weighted by atomic mass is 9.85. The third-order valence-electron chi connectivity index (χ3n) is 6.68. The molecular weight excluding hydrogens is 514 g/mol. The Morgan fingerprint density at radius 2 is 1.47 bits per heavy atom. The standard InChI is InChI=1S/C31H26BrNO3/c1-31(2,3)22-15-11-20(12-16-22)27-26(28(34)21-13-17-23(32)18-14-21)29(35)30(36)33(27)25-10-6-8-19-7-4-5-9-24(19)25/h4-18,27,34H,1-3H3/b28-26+. The number of benzene rings is 4. The van der Waals surface area contributed by atoms with Gasteiger partial charge in [-0.25, -0.2) is 0 Å².